The van der Waals surface area contributed by atoms with E-state index in [1.807, 2.05) is 11.0 Å². The Bertz CT molecular complexity index is 796. The van der Waals surface area contributed by atoms with Crippen LogP contribution in [0.3, 0.4) is 0 Å². The van der Waals surface area contributed by atoms with Gasteiger partial charge in [-0.05, 0) is 29.8 Å². The van der Waals surface area contributed by atoms with Gasteiger partial charge in [0, 0.05) is 13.1 Å². The number of ether oxygens (including phenoxy) is 1. The van der Waals surface area contributed by atoms with Gasteiger partial charge in [0.1, 0.15) is 23.6 Å². The number of morpholine rings is 1. The van der Waals surface area contributed by atoms with E-state index in [1.54, 1.807) is 6.07 Å². The zero-order chi connectivity index (χ0) is 18.0. The van der Waals surface area contributed by atoms with Gasteiger partial charge in [-0.25, -0.2) is 4.39 Å². The van der Waals surface area contributed by atoms with Gasteiger partial charge in [-0.3, -0.25) is 0 Å². The van der Waals surface area contributed by atoms with Crippen LogP contribution in [-0.4, -0.2) is 19.7 Å². The van der Waals surface area contributed by atoms with E-state index in [2.05, 4.69) is 0 Å². The minimum Gasteiger partial charge on any atom is -0.370 e. The molecule has 1 aliphatic rings. The zero-order valence-corrected chi connectivity index (χ0v) is 13.1. The van der Waals surface area contributed by atoms with Crippen LogP contribution in [0.2, 0.25) is 0 Å². The fourth-order valence-corrected chi connectivity index (χ4v) is 2.84. The molecule has 0 aromatic heterocycles. The molecule has 0 aliphatic carbocycles. The van der Waals surface area contributed by atoms with Crippen molar-refractivity contribution in [3.63, 3.8) is 0 Å². The zero-order valence-electron chi connectivity index (χ0n) is 13.1. The van der Waals surface area contributed by atoms with E-state index in [4.69, 9.17) is 10.00 Å². The smallest absolute Gasteiger partial charge is 0.370 e. The van der Waals surface area contributed by atoms with Gasteiger partial charge in [-0.15, -0.1) is 0 Å². The maximum Gasteiger partial charge on any atom is 0.416 e. The summed E-state index contributed by atoms with van der Waals surface area (Å²) in [5.74, 6) is -0.599. The highest BCUT2D eigenvalue weighted by Gasteiger charge is 2.31. The van der Waals surface area contributed by atoms with Crippen LogP contribution in [0.4, 0.5) is 23.2 Å². The largest absolute Gasteiger partial charge is 0.416 e. The van der Waals surface area contributed by atoms with Crippen LogP contribution in [0, 0.1) is 17.1 Å². The Hall–Kier alpha value is -2.59. The van der Waals surface area contributed by atoms with Gasteiger partial charge in [0.2, 0.25) is 0 Å². The Balaban J connectivity index is 1.83. The molecule has 0 amide bonds. The van der Waals surface area contributed by atoms with Crippen LogP contribution in [0.5, 0.6) is 0 Å². The molecule has 1 aliphatic heterocycles. The van der Waals surface area contributed by atoms with Crippen LogP contribution in [-0.2, 0) is 10.9 Å². The molecule has 3 nitrogen and oxygen atoms in total. The van der Waals surface area contributed by atoms with Gasteiger partial charge in [-0.2, -0.15) is 18.4 Å². The Labute approximate surface area is 142 Å². The number of hydrogen-bond acceptors (Lipinski definition) is 3. The molecule has 130 valence electrons. The summed E-state index contributed by atoms with van der Waals surface area (Å²) in [7, 11) is 0. The van der Waals surface area contributed by atoms with Gasteiger partial charge < -0.3 is 9.64 Å². The van der Waals surface area contributed by atoms with Gasteiger partial charge >= 0.3 is 6.18 Å². The van der Waals surface area contributed by atoms with Crippen molar-refractivity contribution >= 4 is 5.69 Å². The van der Waals surface area contributed by atoms with Gasteiger partial charge in [0.25, 0.3) is 0 Å². The van der Waals surface area contributed by atoms with Gasteiger partial charge in [0.15, 0.2) is 0 Å². The summed E-state index contributed by atoms with van der Waals surface area (Å²) in [5, 5.41) is 9.17. The maximum atomic E-state index is 13.8. The second-order valence-electron chi connectivity index (χ2n) is 5.67. The lowest BCUT2D eigenvalue weighted by atomic mass is 10.0. The lowest BCUT2D eigenvalue weighted by Gasteiger charge is -2.35. The first-order valence-electron chi connectivity index (χ1n) is 7.62. The summed E-state index contributed by atoms with van der Waals surface area (Å²) in [6.07, 6.45) is -4.84. The number of nitrogens with zero attached hydrogens (tertiary/aromatic N) is 2. The number of benzene rings is 2. The third-order valence-corrected chi connectivity index (χ3v) is 4.12. The molecule has 1 atom stereocenters. The molecule has 0 bridgehead atoms. The number of alkyl halides is 3. The predicted molar refractivity (Wildman–Crippen MR) is 83.5 cm³/mol. The average molecular weight is 350 g/mol. The summed E-state index contributed by atoms with van der Waals surface area (Å²) < 4.78 is 57.4. The second-order valence-corrected chi connectivity index (χ2v) is 5.67. The normalized spacial score (nSPS) is 18.0. The van der Waals surface area contributed by atoms with Crippen molar-refractivity contribution in [3.8, 4) is 6.07 Å². The molecule has 2 aromatic carbocycles. The highest BCUT2D eigenvalue weighted by Crippen LogP contribution is 2.32. The summed E-state index contributed by atoms with van der Waals surface area (Å²) in [4.78, 5) is 1.81. The molecule has 7 heteroatoms. The van der Waals surface area contributed by atoms with Crippen LogP contribution < -0.4 is 4.90 Å². The predicted octanol–water partition coefficient (Wildman–Crippen LogP) is 4.29. The van der Waals surface area contributed by atoms with E-state index >= 15 is 0 Å². The molecule has 1 unspecified atom stereocenters. The van der Waals surface area contributed by atoms with Gasteiger partial charge in [0.05, 0.1) is 17.9 Å². The first-order chi connectivity index (χ1) is 11.9. The second kappa shape index (κ2) is 6.73. The maximum absolute atomic E-state index is 13.8. The lowest BCUT2D eigenvalue weighted by molar-refractivity contribution is -0.137. The van der Waals surface area contributed by atoms with E-state index < -0.39 is 23.7 Å². The lowest BCUT2D eigenvalue weighted by Crippen LogP contribution is -2.38. The number of anilines is 1. The van der Waals surface area contributed by atoms with Crippen LogP contribution in [0.1, 0.15) is 22.8 Å². The van der Waals surface area contributed by atoms with Crippen molar-refractivity contribution in [2.24, 2.45) is 0 Å². The van der Waals surface area contributed by atoms with Crippen molar-refractivity contribution < 1.29 is 22.3 Å². The Kier molecular flexibility index (Phi) is 4.64. The standard InChI is InChI=1S/C18H14F4N2O/c19-15-2-1-3-16(14(15)10-23)24-8-9-25-17(11-24)12-4-6-13(7-5-12)18(20,21)22/h1-7,17H,8-9,11H2. The molecule has 2 aromatic rings. The summed E-state index contributed by atoms with van der Waals surface area (Å²) in [5.41, 5.74) is 0.298. The Morgan fingerprint density at radius 2 is 1.84 bits per heavy atom. The molecule has 0 spiro atoms. The molecule has 1 heterocycles. The van der Waals surface area contributed by atoms with E-state index in [-0.39, 0.29) is 5.56 Å². The summed E-state index contributed by atoms with van der Waals surface area (Å²) in [6.45, 7) is 1.12. The molecule has 1 saturated heterocycles. The molecular formula is C18H14F4N2O. The SMILES string of the molecule is N#Cc1c(F)cccc1N1CCOC(c2ccc(C(F)(F)F)cc2)C1. The minimum absolute atomic E-state index is 0.0458. The Morgan fingerprint density at radius 1 is 1.12 bits per heavy atom. The van der Waals surface area contributed by atoms with E-state index in [9.17, 15) is 17.6 Å². The summed E-state index contributed by atoms with van der Waals surface area (Å²) >= 11 is 0. The van der Waals surface area contributed by atoms with Crippen LogP contribution in [0.15, 0.2) is 42.5 Å². The molecule has 25 heavy (non-hydrogen) atoms. The van der Waals surface area contributed by atoms with Crippen molar-refractivity contribution in [2.75, 3.05) is 24.6 Å². The number of rotatable bonds is 2. The quantitative estimate of drug-likeness (QED) is 0.758. The first-order valence-corrected chi connectivity index (χ1v) is 7.62. The molecular weight excluding hydrogens is 336 g/mol. The molecule has 3 rings (SSSR count). The minimum atomic E-state index is -4.39. The highest BCUT2D eigenvalue weighted by atomic mass is 19.4. The van der Waals surface area contributed by atoms with Crippen molar-refractivity contribution in [1.29, 1.82) is 5.26 Å². The number of halogens is 4. The molecule has 0 radical (unpaired) electrons. The first kappa shape index (κ1) is 17.2. The van der Waals surface area contributed by atoms with Gasteiger partial charge in [-0.1, -0.05) is 18.2 Å². The number of nitriles is 1. The third kappa shape index (κ3) is 3.59. The molecule has 0 saturated carbocycles. The van der Waals surface area contributed by atoms with Crippen molar-refractivity contribution in [2.45, 2.75) is 12.3 Å². The van der Waals surface area contributed by atoms with Crippen LogP contribution in [0.25, 0.3) is 0 Å². The highest BCUT2D eigenvalue weighted by molar-refractivity contribution is 5.60. The van der Waals surface area contributed by atoms with E-state index in [0.717, 1.165) is 12.1 Å². The van der Waals surface area contributed by atoms with E-state index in [0.29, 0.717) is 30.9 Å². The van der Waals surface area contributed by atoms with Crippen LogP contribution >= 0.6 is 0 Å². The fourth-order valence-electron chi connectivity index (χ4n) is 2.84. The van der Waals surface area contributed by atoms with E-state index in [1.165, 1.54) is 24.3 Å². The monoisotopic (exact) mass is 350 g/mol. The third-order valence-electron chi connectivity index (χ3n) is 4.12. The Morgan fingerprint density at radius 3 is 2.48 bits per heavy atom. The average Bonchev–Trinajstić information content (AvgIpc) is 2.61. The van der Waals surface area contributed by atoms with Crippen molar-refractivity contribution in [3.05, 3.63) is 65.0 Å². The van der Waals surface area contributed by atoms with Crippen molar-refractivity contribution in [1.82, 2.24) is 0 Å². The molecule has 0 N–H and O–H groups in total. The molecule has 1 fully saturated rings. The topological polar surface area (TPSA) is 36.3 Å². The number of hydrogen-bond donors (Lipinski definition) is 0. The summed E-state index contributed by atoms with van der Waals surface area (Å²) in [6, 6.07) is 11.0. The fraction of sp³-hybridized carbons (Fsp3) is 0.278.